The van der Waals surface area contributed by atoms with Crippen LogP contribution >= 0.6 is 0 Å². The third-order valence-electron chi connectivity index (χ3n) is 5.89. The summed E-state index contributed by atoms with van der Waals surface area (Å²) < 4.78 is 29.3. The van der Waals surface area contributed by atoms with Crippen LogP contribution in [0.2, 0.25) is 0 Å². The van der Waals surface area contributed by atoms with Crippen LogP contribution in [0.3, 0.4) is 0 Å². The largest absolute Gasteiger partial charge is 0.348 e. The molecule has 2 aromatic rings. The maximum atomic E-state index is 12.9. The minimum atomic E-state index is -3.47. The summed E-state index contributed by atoms with van der Waals surface area (Å²) in [6.07, 6.45) is 7.32. The van der Waals surface area contributed by atoms with Gasteiger partial charge in [0.25, 0.3) is 5.91 Å². The molecule has 7 heteroatoms. The molecule has 2 fully saturated rings. The zero-order valence-electron chi connectivity index (χ0n) is 15.8. The predicted molar refractivity (Wildman–Crippen MR) is 105 cm³/mol. The van der Waals surface area contributed by atoms with Crippen molar-refractivity contribution in [2.75, 3.05) is 13.1 Å². The molecule has 1 aliphatic heterocycles. The van der Waals surface area contributed by atoms with Crippen LogP contribution in [0.1, 0.15) is 55.4 Å². The van der Waals surface area contributed by atoms with E-state index in [0.29, 0.717) is 23.7 Å². The number of carbonyl (C=O) groups excluding carboxylic acids is 1. The van der Waals surface area contributed by atoms with Crippen molar-refractivity contribution in [1.29, 1.82) is 0 Å². The van der Waals surface area contributed by atoms with Gasteiger partial charge >= 0.3 is 0 Å². The first-order chi connectivity index (χ1) is 13.0. The molecule has 4 rings (SSSR count). The molecule has 0 unspecified atom stereocenters. The summed E-state index contributed by atoms with van der Waals surface area (Å²) in [5.41, 5.74) is 1.44. The van der Waals surface area contributed by atoms with Gasteiger partial charge in [-0.3, -0.25) is 4.79 Å². The van der Waals surface area contributed by atoms with E-state index >= 15 is 0 Å². The maximum absolute atomic E-state index is 12.9. The Balaban J connectivity index is 1.63. The van der Waals surface area contributed by atoms with E-state index in [4.69, 9.17) is 0 Å². The Morgan fingerprint density at radius 2 is 1.74 bits per heavy atom. The van der Waals surface area contributed by atoms with Crippen molar-refractivity contribution in [3.63, 3.8) is 0 Å². The molecule has 1 aromatic carbocycles. The first kappa shape index (κ1) is 18.5. The van der Waals surface area contributed by atoms with Gasteiger partial charge in [-0.05, 0) is 49.9 Å². The van der Waals surface area contributed by atoms with E-state index in [1.54, 1.807) is 28.6 Å². The number of benzene rings is 1. The van der Waals surface area contributed by atoms with Crippen LogP contribution in [0.15, 0.2) is 29.2 Å². The first-order valence-corrected chi connectivity index (χ1v) is 11.3. The normalized spacial score (nSPS) is 19.6. The highest BCUT2D eigenvalue weighted by molar-refractivity contribution is 7.89. The Kier molecular flexibility index (Phi) is 4.99. The van der Waals surface area contributed by atoms with E-state index in [1.807, 2.05) is 11.6 Å². The lowest BCUT2D eigenvalue weighted by Crippen LogP contribution is -2.35. The van der Waals surface area contributed by atoms with Gasteiger partial charge in [0.1, 0.15) is 5.69 Å². The van der Waals surface area contributed by atoms with Gasteiger partial charge in [0.05, 0.1) is 4.90 Å². The Morgan fingerprint density at radius 3 is 2.44 bits per heavy atom. The molecule has 1 N–H and O–H groups in total. The zero-order chi connectivity index (χ0) is 19.0. The number of hydrogen-bond donors (Lipinski definition) is 1. The second-order valence-electron chi connectivity index (χ2n) is 7.73. The molecule has 1 saturated heterocycles. The zero-order valence-corrected chi connectivity index (χ0v) is 16.6. The molecule has 1 saturated carbocycles. The number of rotatable bonds is 4. The summed E-state index contributed by atoms with van der Waals surface area (Å²) in [5, 5.41) is 3.89. The Labute approximate surface area is 160 Å². The number of piperidine rings is 1. The molecule has 0 atom stereocenters. The third kappa shape index (κ3) is 3.50. The smallest absolute Gasteiger partial charge is 0.268 e. The molecule has 0 bridgehead atoms. The van der Waals surface area contributed by atoms with Crippen molar-refractivity contribution in [2.45, 2.75) is 55.9 Å². The van der Waals surface area contributed by atoms with Crippen LogP contribution in [0.5, 0.6) is 0 Å². The SMILES string of the molecule is Cn1c(C(=O)NC2CCCC2)cc2cc(S(=O)(=O)N3CCCCC3)ccc21. The van der Waals surface area contributed by atoms with E-state index in [9.17, 15) is 13.2 Å². The van der Waals surface area contributed by atoms with E-state index in [0.717, 1.165) is 55.8 Å². The van der Waals surface area contributed by atoms with E-state index in [2.05, 4.69) is 5.32 Å². The number of carbonyl (C=O) groups is 1. The second kappa shape index (κ2) is 7.28. The summed E-state index contributed by atoms with van der Waals surface area (Å²) in [6, 6.07) is 7.22. The molecule has 6 nitrogen and oxygen atoms in total. The molecule has 146 valence electrons. The fraction of sp³-hybridized carbons (Fsp3) is 0.550. The maximum Gasteiger partial charge on any atom is 0.268 e. The minimum Gasteiger partial charge on any atom is -0.348 e. The van der Waals surface area contributed by atoms with Crippen molar-refractivity contribution in [1.82, 2.24) is 14.2 Å². The summed E-state index contributed by atoms with van der Waals surface area (Å²) in [5.74, 6) is -0.0824. The van der Waals surface area contributed by atoms with E-state index in [-0.39, 0.29) is 11.9 Å². The molecule has 0 radical (unpaired) electrons. The topological polar surface area (TPSA) is 71.4 Å². The van der Waals surface area contributed by atoms with E-state index in [1.165, 1.54) is 0 Å². The lowest BCUT2D eigenvalue weighted by Gasteiger charge is -2.25. The minimum absolute atomic E-state index is 0.0824. The highest BCUT2D eigenvalue weighted by Gasteiger charge is 2.27. The van der Waals surface area contributed by atoms with Crippen LogP contribution in [0, 0.1) is 0 Å². The van der Waals surface area contributed by atoms with Gasteiger partial charge in [-0.2, -0.15) is 4.31 Å². The van der Waals surface area contributed by atoms with Gasteiger partial charge < -0.3 is 9.88 Å². The Morgan fingerprint density at radius 1 is 1.04 bits per heavy atom. The number of aryl methyl sites for hydroxylation is 1. The molecule has 2 heterocycles. The van der Waals surface area contributed by atoms with Gasteiger partial charge in [0.2, 0.25) is 10.0 Å². The van der Waals surface area contributed by atoms with Crippen molar-refractivity contribution in [3.05, 3.63) is 30.0 Å². The number of fused-ring (bicyclic) bond motifs is 1. The molecular formula is C20H27N3O3S. The average molecular weight is 390 g/mol. The van der Waals surface area contributed by atoms with Crippen LogP contribution in [-0.4, -0.2) is 42.3 Å². The summed E-state index contributed by atoms with van der Waals surface area (Å²) in [6.45, 7) is 1.18. The van der Waals surface area contributed by atoms with Gasteiger partial charge in [-0.15, -0.1) is 0 Å². The van der Waals surface area contributed by atoms with Gasteiger partial charge in [-0.25, -0.2) is 8.42 Å². The standard InChI is InChI=1S/C20H27N3O3S/c1-22-18-10-9-17(27(25,26)23-11-5-2-6-12-23)13-15(18)14-19(22)20(24)21-16-7-3-4-8-16/h9-10,13-14,16H,2-8,11-12H2,1H3,(H,21,24). The first-order valence-electron chi connectivity index (χ1n) is 9.87. The average Bonchev–Trinajstić information content (AvgIpc) is 3.30. The molecule has 2 aliphatic rings. The lowest BCUT2D eigenvalue weighted by molar-refractivity contribution is 0.0930. The lowest BCUT2D eigenvalue weighted by atomic mass is 10.2. The van der Waals surface area contributed by atoms with Crippen LogP contribution in [0.4, 0.5) is 0 Å². The summed E-state index contributed by atoms with van der Waals surface area (Å²) >= 11 is 0. The van der Waals surface area contributed by atoms with Gasteiger partial charge in [0, 0.05) is 37.1 Å². The molecular weight excluding hydrogens is 362 g/mol. The quantitative estimate of drug-likeness (QED) is 0.874. The Bertz CT molecular complexity index is 952. The fourth-order valence-electron chi connectivity index (χ4n) is 4.29. The van der Waals surface area contributed by atoms with Crippen molar-refractivity contribution >= 4 is 26.8 Å². The van der Waals surface area contributed by atoms with Gasteiger partial charge in [0.15, 0.2) is 0 Å². The van der Waals surface area contributed by atoms with Crippen molar-refractivity contribution < 1.29 is 13.2 Å². The number of aromatic nitrogens is 1. The molecule has 1 aliphatic carbocycles. The summed E-state index contributed by atoms with van der Waals surface area (Å²) in [4.78, 5) is 13.0. The highest BCUT2D eigenvalue weighted by atomic mass is 32.2. The van der Waals surface area contributed by atoms with Crippen LogP contribution in [0.25, 0.3) is 10.9 Å². The monoisotopic (exact) mass is 389 g/mol. The fourth-order valence-corrected chi connectivity index (χ4v) is 5.84. The number of nitrogens with zero attached hydrogens (tertiary/aromatic N) is 2. The molecule has 27 heavy (non-hydrogen) atoms. The number of nitrogens with one attached hydrogen (secondary N) is 1. The molecule has 1 aromatic heterocycles. The predicted octanol–water partition coefficient (Wildman–Crippen LogP) is 3.03. The Hall–Kier alpha value is -1.86. The second-order valence-corrected chi connectivity index (χ2v) is 9.67. The van der Waals surface area contributed by atoms with Crippen molar-refractivity contribution in [3.8, 4) is 0 Å². The highest BCUT2D eigenvalue weighted by Crippen LogP contribution is 2.26. The van der Waals surface area contributed by atoms with Crippen LogP contribution in [-0.2, 0) is 17.1 Å². The van der Waals surface area contributed by atoms with Gasteiger partial charge in [-0.1, -0.05) is 19.3 Å². The molecule has 1 amide bonds. The number of sulfonamides is 1. The number of amides is 1. The van der Waals surface area contributed by atoms with Crippen molar-refractivity contribution in [2.24, 2.45) is 7.05 Å². The third-order valence-corrected chi connectivity index (χ3v) is 7.78. The van der Waals surface area contributed by atoms with Crippen LogP contribution < -0.4 is 5.32 Å². The molecule has 0 spiro atoms. The summed E-state index contributed by atoms with van der Waals surface area (Å²) in [7, 11) is -1.62. The van der Waals surface area contributed by atoms with E-state index < -0.39 is 10.0 Å². The number of hydrogen-bond acceptors (Lipinski definition) is 3.